The van der Waals surface area contributed by atoms with Crippen LogP contribution in [0.3, 0.4) is 0 Å². The summed E-state index contributed by atoms with van der Waals surface area (Å²) in [7, 11) is 0. The van der Waals surface area contributed by atoms with E-state index in [9.17, 15) is 9.59 Å². The second kappa shape index (κ2) is 15.4. The summed E-state index contributed by atoms with van der Waals surface area (Å²) in [5.74, 6) is 1.40. The molecule has 3 N–H and O–H groups in total. The Balaban J connectivity index is 1.04. The normalized spacial score (nSPS) is 10.8. The Morgan fingerprint density at radius 2 is 1.52 bits per heavy atom. The molecule has 0 spiro atoms. The second-order valence-electron chi connectivity index (χ2n) is 9.93. The van der Waals surface area contributed by atoms with Gasteiger partial charge in [-0.1, -0.05) is 68.1 Å². The highest BCUT2D eigenvalue weighted by Gasteiger charge is 2.07. The van der Waals surface area contributed by atoms with Gasteiger partial charge < -0.3 is 25.1 Å². The fraction of sp³-hybridized carbons (Fsp3) is 0.333. The number of hydrogen-bond donors (Lipinski definition) is 3. The number of H-pyrrole nitrogens is 1. The zero-order valence-electron chi connectivity index (χ0n) is 23.2. The molecule has 4 rings (SSSR count). The molecule has 7 heteroatoms. The molecule has 0 aliphatic heterocycles. The fourth-order valence-corrected chi connectivity index (χ4v) is 4.65. The summed E-state index contributed by atoms with van der Waals surface area (Å²) < 4.78 is 11.4. The standard InChI is InChI=1S/C33H39N3O4/c1-25(37)34-20-18-28-24-36-32-17-16-29(23-31(28)32)39-21-10-5-3-2-4-9-19-35-33(38)40-30-15-11-14-27(22-30)26-12-7-6-8-13-26/h6-8,11-17,22-24,36H,2-5,9-10,18-21H2,1H3,(H,34,37)(H,35,38). The van der Waals surface area contributed by atoms with Gasteiger partial charge in [0.1, 0.15) is 11.5 Å². The van der Waals surface area contributed by atoms with E-state index in [0.717, 1.165) is 72.7 Å². The summed E-state index contributed by atoms with van der Waals surface area (Å²) in [6.07, 6.45) is 8.75. The van der Waals surface area contributed by atoms with Crippen molar-refractivity contribution >= 4 is 22.9 Å². The van der Waals surface area contributed by atoms with E-state index in [2.05, 4.69) is 21.7 Å². The summed E-state index contributed by atoms with van der Waals surface area (Å²) >= 11 is 0. The lowest BCUT2D eigenvalue weighted by atomic mass is 10.1. The van der Waals surface area contributed by atoms with Gasteiger partial charge in [0, 0.05) is 37.1 Å². The molecule has 4 aromatic rings. The number of aromatic nitrogens is 1. The van der Waals surface area contributed by atoms with Crippen molar-refractivity contribution in [3.8, 4) is 22.6 Å². The van der Waals surface area contributed by atoms with Crippen molar-refractivity contribution in [3.05, 3.63) is 84.6 Å². The maximum Gasteiger partial charge on any atom is 0.412 e. The van der Waals surface area contributed by atoms with Crippen molar-refractivity contribution in [1.82, 2.24) is 15.6 Å². The van der Waals surface area contributed by atoms with E-state index < -0.39 is 6.09 Å². The minimum absolute atomic E-state index is 0.0120. The fourth-order valence-electron chi connectivity index (χ4n) is 4.65. The Kier molecular flexibility index (Phi) is 11.0. The van der Waals surface area contributed by atoms with Gasteiger partial charge in [0.15, 0.2) is 0 Å². The number of hydrogen-bond acceptors (Lipinski definition) is 4. The van der Waals surface area contributed by atoms with E-state index in [1.807, 2.05) is 66.9 Å². The molecule has 0 saturated heterocycles. The molecule has 0 unspecified atom stereocenters. The molecule has 3 aromatic carbocycles. The molecule has 0 saturated carbocycles. The van der Waals surface area contributed by atoms with Gasteiger partial charge in [-0.25, -0.2) is 4.79 Å². The van der Waals surface area contributed by atoms with Gasteiger partial charge in [-0.2, -0.15) is 0 Å². The monoisotopic (exact) mass is 541 g/mol. The van der Waals surface area contributed by atoms with E-state index in [1.165, 1.54) is 12.5 Å². The average molecular weight is 542 g/mol. The summed E-state index contributed by atoms with van der Waals surface area (Å²) in [5, 5.41) is 6.83. The molecule has 1 heterocycles. The number of nitrogens with one attached hydrogen (secondary N) is 3. The first-order chi connectivity index (χ1) is 19.6. The van der Waals surface area contributed by atoms with Crippen LogP contribution in [0.5, 0.6) is 11.5 Å². The number of fused-ring (bicyclic) bond motifs is 1. The molecule has 0 aliphatic rings. The van der Waals surface area contributed by atoms with Gasteiger partial charge >= 0.3 is 6.09 Å². The first-order valence-electron chi connectivity index (χ1n) is 14.2. The first kappa shape index (κ1) is 28.7. The number of rotatable bonds is 15. The van der Waals surface area contributed by atoms with Gasteiger partial charge in [-0.15, -0.1) is 0 Å². The van der Waals surface area contributed by atoms with Crippen LogP contribution in [0.1, 0.15) is 51.0 Å². The lowest BCUT2D eigenvalue weighted by Crippen LogP contribution is -2.27. The van der Waals surface area contributed by atoms with Crippen molar-refractivity contribution in [3.63, 3.8) is 0 Å². The number of ether oxygens (including phenoxy) is 2. The lowest BCUT2D eigenvalue weighted by Gasteiger charge is -2.09. The SMILES string of the molecule is CC(=O)NCCc1c[nH]c2ccc(OCCCCCCCCNC(=O)Oc3cccc(-c4ccccc4)c3)cc12. The van der Waals surface area contributed by atoms with Gasteiger partial charge in [-0.05, 0) is 66.3 Å². The van der Waals surface area contributed by atoms with Crippen LogP contribution >= 0.6 is 0 Å². The maximum atomic E-state index is 12.2. The highest BCUT2D eigenvalue weighted by atomic mass is 16.6. The molecular weight excluding hydrogens is 502 g/mol. The van der Waals surface area contributed by atoms with Gasteiger partial charge in [0.25, 0.3) is 0 Å². The Morgan fingerprint density at radius 3 is 2.35 bits per heavy atom. The van der Waals surface area contributed by atoms with Crippen LogP contribution in [-0.2, 0) is 11.2 Å². The Hall–Kier alpha value is -4.26. The zero-order chi connectivity index (χ0) is 28.0. The number of carbonyl (C=O) groups is 2. The predicted molar refractivity (Wildman–Crippen MR) is 160 cm³/mol. The maximum absolute atomic E-state index is 12.2. The number of aromatic amines is 1. The minimum Gasteiger partial charge on any atom is -0.494 e. The van der Waals surface area contributed by atoms with Crippen molar-refractivity contribution in [2.75, 3.05) is 19.7 Å². The first-order valence-corrected chi connectivity index (χ1v) is 14.2. The molecule has 1 aromatic heterocycles. The number of carbonyl (C=O) groups excluding carboxylic acids is 2. The second-order valence-corrected chi connectivity index (χ2v) is 9.93. The average Bonchev–Trinajstić information content (AvgIpc) is 3.36. The largest absolute Gasteiger partial charge is 0.494 e. The van der Waals surface area contributed by atoms with Crippen LogP contribution < -0.4 is 20.1 Å². The molecule has 40 heavy (non-hydrogen) atoms. The van der Waals surface area contributed by atoms with Gasteiger partial charge in [0.05, 0.1) is 6.61 Å². The number of amides is 2. The molecule has 0 bridgehead atoms. The molecule has 2 amide bonds. The van der Waals surface area contributed by atoms with E-state index in [0.29, 0.717) is 25.4 Å². The molecule has 0 atom stereocenters. The quantitative estimate of drug-likeness (QED) is 0.141. The van der Waals surface area contributed by atoms with E-state index in [1.54, 1.807) is 6.07 Å². The van der Waals surface area contributed by atoms with Crippen molar-refractivity contribution in [2.24, 2.45) is 0 Å². The van der Waals surface area contributed by atoms with Crippen LogP contribution in [0.15, 0.2) is 79.0 Å². The van der Waals surface area contributed by atoms with Crippen LogP contribution in [0.4, 0.5) is 4.79 Å². The number of benzene rings is 3. The van der Waals surface area contributed by atoms with Crippen molar-refractivity contribution < 1.29 is 19.1 Å². The molecule has 7 nitrogen and oxygen atoms in total. The topological polar surface area (TPSA) is 92.5 Å². The van der Waals surface area contributed by atoms with E-state index in [4.69, 9.17) is 9.47 Å². The highest BCUT2D eigenvalue weighted by Crippen LogP contribution is 2.25. The zero-order valence-corrected chi connectivity index (χ0v) is 23.2. The smallest absolute Gasteiger partial charge is 0.412 e. The third-order valence-electron chi connectivity index (χ3n) is 6.77. The highest BCUT2D eigenvalue weighted by molar-refractivity contribution is 5.84. The van der Waals surface area contributed by atoms with Crippen LogP contribution in [0, 0.1) is 0 Å². The summed E-state index contributed by atoms with van der Waals surface area (Å²) in [6, 6.07) is 23.7. The molecule has 0 radical (unpaired) electrons. The Bertz CT molecular complexity index is 1370. The summed E-state index contributed by atoms with van der Waals surface area (Å²) in [4.78, 5) is 26.6. The molecule has 0 fully saturated rings. The van der Waals surface area contributed by atoms with Gasteiger partial charge in [-0.3, -0.25) is 4.79 Å². The Morgan fingerprint density at radius 1 is 0.750 bits per heavy atom. The summed E-state index contributed by atoms with van der Waals surface area (Å²) in [6.45, 7) is 3.45. The third-order valence-corrected chi connectivity index (χ3v) is 6.77. The third kappa shape index (κ3) is 9.19. The summed E-state index contributed by atoms with van der Waals surface area (Å²) in [5.41, 5.74) is 4.35. The minimum atomic E-state index is -0.417. The van der Waals surface area contributed by atoms with Crippen molar-refractivity contribution in [1.29, 1.82) is 0 Å². The lowest BCUT2D eigenvalue weighted by molar-refractivity contribution is -0.118. The predicted octanol–water partition coefficient (Wildman–Crippen LogP) is 7.02. The van der Waals surface area contributed by atoms with Crippen LogP contribution in [0.25, 0.3) is 22.0 Å². The van der Waals surface area contributed by atoms with Crippen LogP contribution in [0.2, 0.25) is 0 Å². The molecule has 210 valence electrons. The molecular formula is C33H39N3O4. The molecule has 0 aliphatic carbocycles. The van der Waals surface area contributed by atoms with E-state index in [-0.39, 0.29) is 5.91 Å². The Labute approximate surface area is 236 Å². The van der Waals surface area contributed by atoms with E-state index >= 15 is 0 Å². The number of unbranched alkanes of at least 4 members (excludes halogenated alkanes) is 5. The van der Waals surface area contributed by atoms with Crippen LogP contribution in [-0.4, -0.2) is 36.7 Å². The van der Waals surface area contributed by atoms with Crippen molar-refractivity contribution in [2.45, 2.75) is 51.9 Å². The van der Waals surface area contributed by atoms with Gasteiger partial charge in [0.2, 0.25) is 5.91 Å².